The Morgan fingerprint density at radius 1 is 1.44 bits per heavy atom. The predicted octanol–water partition coefficient (Wildman–Crippen LogP) is 3.35. The maximum Gasteiger partial charge on any atom is 0.372 e. The van der Waals surface area contributed by atoms with E-state index in [9.17, 15) is 9.18 Å². The van der Waals surface area contributed by atoms with Gasteiger partial charge in [0.2, 0.25) is 5.76 Å². The molecule has 0 atom stereocenters. The van der Waals surface area contributed by atoms with Gasteiger partial charge in [-0.15, -0.1) is 0 Å². The van der Waals surface area contributed by atoms with Gasteiger partial charge in [-0.2, -0.15) is 0 Å². The third-order valence-electron chi connectivity index (χ3n) is 2.23. The molecular formula is C12H8ClFO4. The minimum absolute atomic E-state index is 0.00288. The molecule has 0 saturated heterocycles. The lowest BCUT2D eigenvalue weighted by atomic mass is 10.2. The normalized spacial score (nSPS) is 10.3. The third-order valence-corrected chi connectivity index (χ3v) is 2.53. The summed E-state index contributed by atoms with van der Waals surface area (Å²) in [6.45, 7) is -0.0286. The van der Waals surface area contributed by atoms with Crippen molar-refractivity contribution in [2.24, 2.45) is 0 Å². The van der Waals surface area contributed by atoms with Crippen LogP contribution in [0.1, 0.15) is 16.1 Å². The van der Waals surface area contributed by atoms with Gasteiger partial charge in [-0.3, -0.25) is 0 Å². The van der Waals surface area contributed by atoms with Crippen molar-refractivity contribution in [3.05, 3.63) is 52.7 Å². The topological polar surface area (TPSA) is 59.7 Å². The fourth-order valence-corrected chi connectivity index (χ4v) is 1.48. The van der Waals surface area contributed by atoms with Crippen molar-refractivity contribution >= 4 is 17.6 Å². The van der Waals surface area contributed by atoms with Gasteiger partial charge in [0.1, 0.15) is 18.2 Å². The molecule has 1 N–H and O–H groups in total. The highest BCUT2D eigenvalue weighted by molar-refractivity contribution is 6.30. The van der Waals surface area contributed by atoms with Crippen LogP contribution in [0.25, 0.3) is 0 Å². The second-order valence-corrected chi connectivity index (χ2v) is 3.85. The molecular weight excluding hydrogens is 263 g/mol. The van der Waals surface area contributed by atoms with E-state index in [0.29, 0.717) is 5.56 Å². The van der Waals surface area contributed by atoms with Crippen molar-refractivity contribution in [2.45, 2.75) is 6.61 Å². The van der Waals surface area contributed by atoms with Crippen molar-refractivity contribution < 1.29 is 23.4 Å². The Kier molecular flexibility index (Phi) is 3.53. The predicted molar refractivity (Wildman–Crippen MR) is 61.4 cm³/mol. The first-order valence-corrected chi connectivity index (χ1v) is 5.33. The molecule has 1 heterocycles. The summed E-state index contributed by atoms with van der Waals surface area (Å²) in [6.07, 6.45) is 1.25. The Balaban J connectivity index is 2.09. The van der Waals surface area contributed by atoms with Crippen LogP contribution in [0.2, 0.25) is 5.02 Å². The molecule has 2 rings (SSSR count). The van der Waals surface area contributed by atoms with Gasteiger partial charge in [0.25, 0.3) is 0 Å². The number of carbonyl (C=O) groups is 1. The summed E-state index contributed by atoms with van der Waals surface area (Å²) in [4.78, 5) is 10.8. The van der Waals surface area contributed by atoms with E-state index in [1.54, 1.807) is 0 Å². The summed E-state index contributed by atoms with van der Waals surface area (Å²) in [6, 6.07) is 5.46. The highest BCUT2D eigenvalue weighted by atomic mass is 35.5. The molecule has 4 nitrogen and oxygen atoms in total. The van der Waals surface area contributed by atoms with Gasteiger partial charge < -0.3 is 14.3 Å². The summed E-state index contributed by atoms with van der Waals surface area (Å²) in [5.74, 6) is -1.71. The Morgan fingerprint density at radius 3 is 2.89 bits per heavy atom. The van der Waals surface area contributed by atoms with Crippen LogP contribution >= 0.6 is 11.6 Å². The number of rotatable bonds is 4. The minimum atomic E-state index is -1.18. The highest BCUT2D eigenvalue weighted by Gasteiger charge is 2.14. The van der Waals surface area contributed by atoms with Crippen molar-refractivity contribution in [1.29, 1.82) is 0 Å². The van der Waals surface area contributed by atoms with E-state index in [2.05, 4.69) is 0 Å². The molecule has 0 saturated carbocycles. The zero-order valence-corrected chi connectivity index (χ0v) is 9.78. The maximum atomic E-state index is 13.1. The number of hydrogen-bond donors (Lipinski definition) is 1. The number of carboxylic acids is 1. The van der Waals surface area contributed by atoms with E-state index in [4.69, 9.17) is 25.9 Å². The molecule has 94 valence electrons. The number of halogens is 2. The van der Waals surface area contributed by atoms with Crippen LogP contribution in [0, 0.1) is 5.82 Å². The standard InChI is InChI=1S/C12H8ClFO4/c13-9-2-1-8(5-10(9)14)18-6-7-3-4-17-11(7)12(15)16/h1-5H,6H2,(H,15,16). The molecule has 0 radical (unpaired) electrons. The lowest BCUT2D eigenvalue weighted by Crippen LogP contribution is -2.02. The number of furan rings is 1. The summed E-state index contributed by atoms with van der Waals surface area (Å²) in [5.41, 5.74) is 0.373. The first kappa shape index (κ1) is 12.4. The lowest BCUT2D eigenvalue weighted by Gasteiger charge is -2.05. The third kappa shape index (κ3) is 2.62. The number of carboxylic acid groups (broad SMARTS) is 1. The average molecular weight is 271 g/mol. The Hall–Kier alpha value is -2.01. The van der Waals surface area contributed by atoms with Gasteiger partial charge in [0.05, 0.1) is 11.3 Å². The monoisotopic (exact) mass is 270 g/mol. The van der Waals surface area contributed by atoms with Gasteiger partial charge in [-0.05, 0) is 18.2 Å². The Labute approximate surface area is 107 Å². The highest BCUT2D eigenvalue weighted by Crippen LogP contribution is 2.22. The van der Waals surface area contributed by atoms with E-state index in [1.165, 1.54) is 24.5 Å². The first-order chi connectivity index (χ1) is 8.58. The van der Waals surface area contributed by atoms with Crippen LogP contribution in [0.15, 0.2) is 34.9 Å². The molecule has 2 aromatic rings. The average Bonchev–Trinajstić information content (AvgIpc) is 2.79. The zero-order chi connectivity index (χ0) is 13.1. The summed E-state index contributed by atoms with van der Waals surface area (Å²) < 4.78 is 23.2. The van der Waals surface area contributed by atoms with Crippen LogP contribution in [0.5, 0.6) is 5.75 Å². The molecule has 0 aliphatic heterocycles. The van der Waals surface area contributed by atoms with Crippen molar-refractivity contribution in [3.63, 3.8) is 0 Å². The van der Waals surface area contributed by atoms with Crippen LogP contribution in [-0.2, 0) is 6.61 Å². The molecule has 0 aliphatic carbocycles. The SMILES string of the molecule is O=C(O)c1occc1COc1ccc(Cl)c(F)c1. The first-order valence-electron chi connectivity index (χ1n) is 4.95. The summed E-state index contributed by atoms with van der Waals surface area (Å²) in [7, 11) is 0. The maximum absolute atomic E-state index is 13.1. The van der Waals surface area contributed by atoms with Crippen molar-refractivity contribution in [3.8, 4) is 5.75 Å². The summed E-state index contributed by atoms with van der Waals surface area (Å²) >= 11 is 5.52. The van der Waals surface area contributed by atoms with Crippen molar-refractivity contribution in [2.75, 3.05) is 0 Å². The number of benzene rings is 1. The fraction of sp³-hybridized carbons (Fsp3) is 0.0833. The van der Waals surface area contributed by atoms with E-state index in [-0.39, 0.29) is 23.1 Å². The Morgan fingerprint density at radius 2 is 2.22 bits per heavy atom. The van der Waals surface area contributed by atoms with Gasteiger partial charge in [0.15, 0.2) is 0 Å². The number of ether oxygens (including phenoxy) is 1. The number of hydrogen-bond acceptors (Lipinski definition) is 3. The van der Waals surface area contributed by atoms with Gasteiger partial charge in [-0.25, -0.2) is 9.18 Å². The molecule has 0 fully saturated rings. The molecule has 0 spiro atoms. The second kappa shape index (κ2) is 5.10. The molecule has 18 heavy (non-hydrogen) atoms. The smallest absolute Gasteiger partial charge is 0.372 e. The van der Waals surface area contributed by atoms with Crippen LogP contribution < -0.4 is 4.74 Å². The molecule has 1 aromatic heterocycles. The molecule has 1 aromatic carbocycles. The molecule has 0 aliphatic rings. The largest absolute Gasteiger partial charge is 0.489 e. The van der Waals surface area contributed by atoms with Gasteiger partial charge in [-0.1, -0.05) is 11.6 Å². The van der Waals surface area contributed by atoms with Crippen molar-refractivity contribution in [1.82, 2.24) is 0 Å². The number of aromatic carboxylic acids is 1. The fourth-order valence-electron chi connectivity index (χ4n) is 1.36. The van der Waals surface area contributed by atoms with Crippen LogP contribution in [0.4, 0.5) is 4.39 Å². The van der Waals surface area contributed by atoms with E-state index in [0.717, 1.165) is 6.07 Å². The quantitative estimate of drug-likeness (QED) is 0.925. The van der Waals surface area contributed by atoms with Crippen LogP contribution in [-0.4, -0.2) is 11.1 Å². The second-order valence-electron chi connectivity index (χ2n) is 3.44. The molecule has 0 bridgehead atoms. The molecule has 0 unspecified atom stereocenters. The van der Waals surface area contributed by atoms with E-state index in [1.807, 2.05) is 0 Å². The van der Waals surface area contributed by atoms with Crippen LogP contribution in [0.3, 0.4) is 0 Å². The lowest BCUT2D eigenvalue weighted by molar-refractivity contribution is 0.0658. The van der Waals surface area contributed by atoms with E-state index >= 15 is 0 Å². The van der Waals surface area contributed by atoms with E-state index < -0.39 is 11.8 Å². The molecule has 0 amide bonds. The van der Waals surface area contributed by atoms with Gasteiger partial charge in [0, 0.05) is 11.6 Å². The minimum Gasteiger partial charge on any atom is -0.489 e. The molecule has 6 heteroatoms. The Bertz CT molecular complexity index is 579. The summed E-state index contributed by atoms with van der Waals surface area (Å²) in [5, 5.41) is 8.80. The zero-order valence-electron chi connectivity index (χ0n) is 9.02. The van der Waals surface area contributed by atoms with Gasteiger partial charge >= 0.3 is 5.97 Å².